The van der Waals surface area contributed by atoms with Gasteiger partial charge in [0.05, 0.1) is 5.02 Å². The zero-order valence-corrected chi connectivity index (χ0v) is 11.1. The van der Waals surface area contributed by atoms with Crippen LogP contribution in [0, 0.1) is 5.92 Å². The van der Waals surface area contributed by atoms with E-state index < -0.39 is 0 Å². The molecule has 1 fully saturated rings. The maximum absolute atomic E-state index is 11.8. The van der Waals surface area contributed by atoms with E-state index in [1.807, 2.05) is 0 Å². The van der Waals surface area contributed by atoms with Crippen LogP contribution in [0.1, 0.15) is 49.0 Å². The lowest BCUT2D eigenvalue weighted by Gasteiger charge is -2.21. The van der Waals surface area contributed by atoms with Crippen molar-refractivity contribution in [1.82, 2.24) is 15.3 Å². The molecule has 0 atom stereocenters. The van der Waals surface area contributed by atoms with E-state index in [-0.39, 0.29) is 11.6 Å². The van der Waals surface area contributed by atoms with Crippen molar-refractivity contribution < 1.29 is 4.79 Å². The fourth-order valence-corrected chi connectivity index (χ4v) is 2.62. The maximum Gasteiger partial charge on any atom is 0.271 e. The van der Waals surface area contributed by atoms with Gasteiger partial charge in [0.2, 0.25) is 0 Å². The van der Waals surface area contributed by atoms with Crippen molar-refractivity contribution in [1.29, 1.82) is 0 Å². The second kappa shape index (κ2) is 6.69. The summed E-state index contributed by atoms with van der Waals surface area (Å²) in [6.07, 6.45) is 10.4. The topological polar surface area (TPSA) is 54.9 Å². The van der Waals surface area contributed by atoms with Gasteiger partial charge in [-0.15, -0.1) is 0 Å². The Kier molecular flexibility index (Phi) is 4.93. The highest BCUT2D eigenvalue weighted by Crippen LogP contribution is 2.25. The molecule has 0 saturated heterocycles. The smallest absolute Gasteiger partial charge is 0.271 e. The van der Waals surface area contributed by atoms with E-state index in [9.17, 15) is 4.79 Å². The average Bonchev–Trinajstić information content (AvgIpc) is 2.40. The van der Waals surface area contributed by atoms with Gasteiger partial charge in [-0.05, 0) is 12.3 Å². The van der Waals surface area contributed by atoms with Crippen molar-refractivity contribution in [3.05, 3.63) is 23.2 Å². The largest absolute Gasteiger partial charge is 0.351 e. The molecule has 0 unspecified atom stereocenters. The third-order valence-corrected chi connectivity index (χ3v) is 3.72. The third-order valence-electron chi connectivity index (χ3n) is 3.45. The highest BCUT2D eigenvalue weighted by molar-refractivity contribution is 6.33. The SMILES string of the molecule is O=C(NCCC1CCCCC1)c1ncncc1Cl. The van der Waals surface area contributed by atoms with Crippen molar-refractivity contribution in [3.63, 3.8) is 0 Å². The maximum atomic E-state index is 11.8. The molecule has 4 nitrogen and oxygen atoms in total. The summed E-state index contributed by atoms with van der Waals surface area (Å²) in [5.74, 6) is 0.554. The van der Waals surface area contributed by atoms with Crippen molar-refractivity contribution in [2.45, 2.75) is 38.5 Å². The fraction of sp³-hybridized carbons (Fsp3) is 0.615. The normalized spacial score (nSPS) is 16.5. The van der Waals surface area contributed by atoms with E-state index in [1.54, 1.807) is 0 Å². The summed E-state index contributed by atoms with van der Waals surface area (Å²) in [4.78, 5) is 19.5. The van der Waals surface area contributed by atoms with Gasteiger partial charge in [0.15, 0.2) is 0 Å². The number of halogens is 1. The van der Waals surface area contributed by atoms with Gasteiger partial charge < -0.3 is 5.32 Å². The summed E-state index contributed by atoms with van der Waals surface area (Å²) >= 11 is 5.86. The Morgan fingerprint density at radius 1 is 1.39 bits per heavy atom. The number of aromatic nitrogens is 2. The second-order valence-electron chi connectivity index (χ2n) is 4.77. The minimum atomic E-state index is -0.210. The molecule has 1 heterocycles. The Balaban J connectivity index is 1.76. The van der Waals surface area contributed by atoms with Crippen LogP contribution in [0.25, 0.3) is 0 Å². The minimum Gasteiger partial charge on any atom is -0.351 e. The first kappa shape index (κ1) is 13.3. The van der Waals surface area contributed by atoms with Gasteiger partial charge in [0.25, 0.3) is 5.91 Å². The predicted molar refractivity (Wildman–Crippen MR) is 70.6 cm³/mol. The Hall–Kier alpha value is -1.16. The van der Waals surface area contributed by atoms with Crippen molar-refractivity contribution in [2.24, 2.45) is 5.92 Å². The van der Waals surface area contributed by atoms with E-state index in [0.29, 0.717) is 11.6 Å². The minimum absolute atomic E-state index is 0.210. The predicted octanol–water partition coefficient (Wildman–Crippen LogP) is 2.83. The summed E-state index contributed by atoms with van der Waals surface area (Å²) in [7, 11) is 0. The summed E-state index contributed by atoms with van der Waals surface area (Å²) in [5, 5.41) is 3.17. The second-order valence-corrected chi connectivity index (χ2v) is 5.18. The number of amides is 1. The summed E-state index contributed by atoms with van der Waals surface area (Å²) in [6.45, 7) is 0.698. The zero-order valence-electron chi connectivity index (χ0n) is 10.4. The molecule has 0 aliphatic heterocycles. The number of nitrogens with zero attached hydrogens (tertiary/aromatic N) is 2. The summed E-state index contributed by atoms with van der Waals surface area (Å²) in [6, 6.07) is 0. The first-order valence-electron chi connectivity index (χ1n) is 6.51. The lowest BCUT2D eigenvalue weighted by molar-refractivity contribution is 0.0945. The Morgan fingerprint density at radius 3 is 2.89 bits per heavy atom. The first-order valence-corrected chi connectivity index (χ1v) is 6.89. The molecule has 0 spiro atoms. The molecule has 0 radical (unpaired) electrons. The molecule has 1 saturated carbocycles. The Labute approximate surface area is 112 Å². The van der Waals surface area contributed by atoms with Gasteiger partial charge in [-0.1, -0.05) is 43.7 Å². The van der Waals surface area contributed by atoms with E-state index in [1.165, 1.54) is 44.6 Å². The first-order chi connectivity index (χ1) is 8.77. The Morgan fingerprint density at radius 2 is 2.17 bits per heavy atom. The third kappa shape index (κ3) is 3.67. The highest BCUT2D eigenvalue weighted by Gasteiger charge is 2.15. The van der Waals surface area contributed by atoms with Crippen LogP contribution in [0.2, 0.25) is 5.02 Å². The number of carbonyl (C=O) groups is 1. The molecular formula is C13H18ClN3O. The number of hydrogen-bond acceptors (Lipinski definition) is 3. The molecule has 98 valence electrons. The van der Waals surface area contributed by atoms with Gasteiger partial charge in [0, 0.05) is 12.7 Å². The number of rotatable bonds is 4. The summed E-state index contributed by atoms with van der Waals surface area (Å²) in [5.41, 5.74) is 0.260. The summed E-state index contributed by atoms with van der Waals surface area (Å²) < 4.78 is 0. The molecule has 0 bridgehead atoms. The molecular weight excluding hydrogens is 250 g/mol. The van der Waals surface area contributed by atoms with E-state index in [0.717, 1.165) is 12.3 Å². The van der Waals surface area contributed by atoms with Crippen LogP contribution >= 0.6 is 11.6 Å². The average molecular weight is 268 g/mol. The molecule has 0 aromatic carbocycles. The standard InChI is InChI=1S/C13H18ClN3O/c14-11-8-15-9-17-12(11)13(18)16-7-6-10-4-2-1-3-5-10/h8-10H,1-7H2,(H,16,18). The molecule has 1 aromatic heterocycles. The van der Waals surface area contributed by atoms with Crippen LogP contribution in [0.5, 0.6) is 0 Å². The lowest BCUT2D eigenvalue weighted by atomic mass is 9.87. The van der Waals surface area contributed by atoms with Crippen LogP contribution in [0.3, 0.4) is 0 Å². The fourth-order valence-electron chi connectivity index (χ4n) is 2.43. The van der Waals surface area contributed by atoms with Crippen LogP contribution < -0.4 is 5.32 Å². The van der Waals surface area contributed by atoms with Crippen LogP contribution in [-0.4, -0.2) is 22.4 Å². The van der Waals surface area contributed by atoms with Gasteiger partial charge in [-0.25, -0.2) is 9.97 Å². The molecule has 5 heteroatoms. The molecule has 1 amide bonds. The van der Waals surface area contributed by atoms with E-state index in [4.69, 9.17) is 11.6 Å². The molecule has 1 aromatic rings. The molecule has 2 rings (SSSR count). The Bertz CT molecular complexity index is 405. The van der Waals surface area contributed by atoms with E-state index in [2.05, 4.69) is 15.3 Å². The van der Waals surface area contributed by atoms with Crippen LogP contribution in [0.4, 0.5) is 0 Å². The number of carbonyl (C=O) groups excluding carboxylic acids is 1. The van der Waals surface area contributed by atoms with Gasteiger partial charge in [-0.3, -0.25) is 4.79 Å². The highest BCUT2D eigenvalue weighted by atomic mass is 35.5. The van der Waals surface area contributed by atoms with E-state index >= 15 is 0 Å². The molecule has 18 heavy (non-hydrogen) atoms. The van der Waals surface area contributed by atoms with Crippen molar-refractivity contribution >= 4 is 17.5 Å². The van der Waals surface area contributed by atoms with Crippen molar-refractivity contribution in [2.75, 3.05) is 6.54 Å². The molecule has 1 N–H and O–H groups in total. The monoisotopic (exact) mass is 267 g/mol. The van der Waals surface area contributed by atoms with Gasteiger partial charge in [-0.2, -0.15) is 0 Å². The van der Waals surface area contributed by atoms with Gasteiger partial charge >= 0.3 is 0 Å². The van der Waals surface area contributed by atoms with Crippen LogP contribution in [0.15, 0.2) is 12.5 Å². The lowest BCUT2D eigenvalue weighted by Crippen LogP contribution is -2.27. The number of nitrogens with one attached hydrogen (secondary N) is 1. The quantitative estimate of drug-likeness (QED) is 0.913. The zero-order chi connectivity index (χ0) is 12.8. The van der Waals surface area contributed by atoms with Gasteiger partial charge in [0.1, 0.15) is 12.0 Å². The van der Waals surface area contributed by atoms with Crippen molar-refractivity contribution in [3.8, 4) is 0 Å². The molecule has 1 aliphatic carbocycles. The number of hydrogen-bond donors (Lipinski definition) is 1. The van der Waals surface area contributed by atoms with Crippen LogP contribution in [-0.2, 0) is 0 Å². The molecule has 1 aliphatic rings.